The fourth-order valence-electron chi connectivity index (χ4n) is 1.51. The molecule has 0 saturated carbocycles. The summed E-state index contributed by atoms with van der Waals surface area (Å²) in [5.74, 6) is 1.50. The van der Waals surface area contributed by atoms with Crippen molar-refractivity contribution in [2.45, 2.75) is 40.2 Å². The summed E-state index contributed by atoms with van der Waals surface area (Å²) in [5, 5.41) is 4.43. The van der Waals surface area contributed by atoms with Crippen LogP contribution in [0, 0.1) is 16.4 Å². The zero-order chi connectivity index (χ0) is 10.7. The van der Waals surface area contributed by atoms with Crippen LogP contribution in [0.1, 0.15) is 32.4 Å². The molecule has 0 aliphatic carbocycles. The first-order valence-electron chi connectivity index (χ1n) is 5.08. The van der Waals surface area contributed by atoms with Crippen LogP contribution in [0.2, 0.25) is 0 Å². The molecule has 2 N–H and O–H groups in total. The van der Waals surface area contributed by atoms with Gasteiger partial charge in [0.25, 0.3) is 0 Å². The third-order valence-electron chi connectivity index (χ3n) is 2.68. The standard InChI is InChI=1S/C10H18IN3/c1-4-8(5-2)6-14-10(12)9(11)7(3)13-14/h8H,4-6,12H2,1-3H3. The van der Waals surface area contributed by atoms with E-state index < -0.39 is 0 Å². The molecular weight excluding hydrogens is 289 g/mol. The van der Waals surface area contributed by atoms with E-state index >= 15 is 0 Å². The number of nitrogens with zero attached hydrogens (tertiary/aromatic N) is 2. The molecule has 0 saturated heterocycles. The monoisotopic (exact) mass is 307 g/mol. The van der Waals surface area contributed by atoms with Crippen LogP contribution in [0.4, 0.5) is 5.82 Å². The van der Waals surface area contributed by atoms with Crippen LogP contribution in [0.3, 0.4) is 0 Å². The first-order chi connectivity index (χ1) is 6.60. The number of anilines is 1. The maximum Gasteiger partial charge on any atom is 0.135 e. The van der Waals surface area contributed by atoms with E-state index in [-0.39, 0.29) is 0 Å². The third kappa shape index (κ3) is 2.40. The summed E-state index contributed by atoms with van der Waals surface area (Å²) in [5.41, 5.74) is 6.99. The lowest BCUT2D eigenvalue weighted by molar-refractivity contribution is 0.398. The third-order valence-corrected chi connectivity index (χ3v) is 4.01. The number of nitrogens with two attached hydrogens (primary N) is 1. The number of nitrogen functional groups attached to an aromatic ring is 1. The minimum absolute atomic E-state index is 0.687. The van der Waals surface area contributed by atoms with Crippen molar-refractivity contribution < 1.29 is 0 Å². The molecule has 0 aromatic carbocycles. The second kappa shape index (κ2) is 5.00. The van der Waals surface area contributed by atoms with Gasteiger partial charge in [0.1, 0.15) is 5.82 Å². The van der Waals surface area contributed by atoms with Crippen LogP contribution in [-0.2, 0) is 6.54 Å². The van der Waals surface area contributed by atoms with Gasteiger partial charge >= 0.3 is 0 Å². The van der Waals surface area contributed by atoms with Gasteiger partial charge in [-0.05, 0) is 35.4 Å². The van der Waals surface area contributed by atoms with E-state index in [1.54, 1.807) is 0 Å². The van der Waals surface area contributed by atoms with Gasteiger partial charge < -0.3 is 5.73 Å². The van der Waals surface area contributed by atoms with E-state index in [0.717, 1.165) is 21.6 Å². The minimum Gasteiger partial charge on any atom is -0.383 e. The van der Waals surface area contributed by atoms with Crippen LogP contribution in [0.5, 0.6) is 0 Å². The van der Waals surface area contributed by atoms with Crippen molar-refractivity contribution in [1.82, 2.24) is 9.78 Å². The first-order valence-corrected chi connectivity index (χ1v) is 6.16. The van der Waals surface area contributed by atoms with E-state index in [4.69, 9.17) is 5.73 Å². The van der Waals surface area contributed by atoms with Crippen molar-refractivity contribution in [2.75, 3.05) is 5.73 Å². The van der Waals surface area contributed by atoms with Crippen molar-refractivity contribution in [2.24, 2.45) is 5.92 Å². The summed E-state index contributed by atoms with van der Waals surface area (Å²) in [6, 6.07) is 0. The molecule has 1 rings (SSSR count). The van der Waals surface area contributed by atoms with E-state index in [1.165, 1.54) is 12.8 Å². The average molecular weight is 307 g/mol. The Labute approximate surface area is 99.2 Å². The molecule has 3 nitrogen and oxygen atoms in total. The van der Waals surface area contributed by atoms with Gasteiger partial charge in [0.2, 0.25) is 0 Å². The summed E-state index contributed by atoms with van der Waals surface area (Å²) in [7, 11) is 0. The Morgan fingerprint density at radius 1 is 1.43 bits per heavy atom. The number of aryl methyl sites for hydroxylation is 1. The van der Waals surface area contributed by atoms with Crippen LogP contribution in [-0.4, -0.2) is 9.78 Å². The number of hydrogen-bond acceptors (Lipinski definition) is 2. The zero-order valence-corrected chi connectivity index (χ0v) is 11.2. The molecule has 0 fully saturated rings. The predicted molar refractivity (Wildman–Crippen MR) is 68.2 cm³/mol. The van der Waals surface area contributed by atoms with Crippen LogP contribution in [0.15, 0.2) is 0 Å². The summed E-state index contributed by atoms with van der Waals surface area (Å²) in [6.45, 7) is 7.38. The molecule has 0 radical (unpaired) electrons. The summed E-state index contributed by atoms with van der Waals surface area (Å²) in [4.78, 5) is 0. The lowest BCUT2D eigenvalue weighted by Crippen LogP contribution is -2.13. The summed E-state index contributed by atoms with van der Waals surface area (Å²) >= 11 is 2.25. The van der Waals surface area contributed by atoms with E-state index in [9.17, 15) is 0 Å². The minimum atomic E-state index is 0.687. The van der Waals surface area contributed by atoms with Crippen LogP contribution >= 0.6 is 22.6 Å². The van der Waals surface area contributed by atoms with Gasteiger partial charge in [-0.3, -0.25) is 0 Å². The molecule has 14 heavy (non-hydrogen) atoms. The van der Waals surface area contributed by atoms with Gasteiger partial charge in [0, 0.05) is 6.54 Å². The van der Waals surface area contributed by atoms with Gasteiger partial charge in [-0.25, -0.2) is 4.68 Å². The van der Waals surface area contributed by atoms with Gasteiger partial charge in [-0.15, -0.1) is 0 Å². The van der Waals surface area contributed by atoms with Crippen LogP contribution < -0.4 is 5.73 Å². The molecule has 80 valence electrons. The Balaban J connectivity index is 2.81. The van der Waals surface area contributed by atoms with E-state index in [0.29, 0.717) is 5.92 Å². The Bertz CT molecular complexity index is 303. The first kappa shape index (κ1) is 11.8. The number of aromatic nitrogens is 2. The molecule has 0 aliphatic rings. The molecule has 0 aliphatic heterocycles. The van der Waals surface area contributed by atoms with Gasteiger partial charge in [0.15, 0.2) is 0 Å². The SMILES string of the molecule is CCC(CC)Cn1nc(C)c(I)c1N. The Hall–Kier alpha value is -0.260. The number of hydrogen-bond donors (Lipinski definition) is 1. The van der Waals surface area contributed by atoms with Gasteiger partial charge in [-0.1, -0.05) is 26.7 Å². The largest absolute Gasteiger partial charge is 0.383 e. The molecule has 0 unspecified atom stereocenters. The predicted octanol–water partition coefficient (Wildman–Crippen LogP) is 2.81. The highest BCUT2D eigenvalue weighted by molar-refractivity contribution is 14.1. The number of rotatable bonds is 4. The molecule has 1 aromatic rings. The second-order valence-corrected chi connectivity index (χ2v) is 4.73. The zero-order valence-electron chi connectivity index (χ0n) is 9.05. The average Bonchev–Trinajstić information content (AvgIpc) is 2.42. The fraction of sp³-hybridized carbons (Fsp3) is 0.700. The normalized spacial score (nSPS) is 11.2. The maximum absolute atomic E-state index is 5.95. The van der Waals surface area contributed by atoms with Gasteiger partial charge in [-0.2, -0.15) is 5.10 Å². The van der Waals surface area contributed by atoms with Gasteiger partial charge in [0.05, 0.1) is 9.26 Å². The Morgan fingerprint density at radius 3 is 2.36 bits per heavy atom. The lowest BCUT2D eigenvalue weighted by Gasteiger charge is -2.12. The molecular formula is C10H18IN3. The summed E-state index contributed by atoms with van der Waals surface area (Å²) in [6.07, 6.45) is 2.37. The van der Waals surface area contributed by atoms with Crippen molar-refractivity contribution in [1.29, 1.82) is 0 Å². The molecule has 0 atom stereocenters. The highest BCUT2D eigenvalue weighted by Crippen LogP contribution is 2.20. The molecule has 4 heteroatoms. The van der Waals surface area contributed by atoms with Crippen molar-refractivity contribution in [3.8, 4) is 0 Å². The van der Waals surface area contributed by atoms with E-state index in [1.807, 2.05) is 11.6 Å². The van der Waals surface area contributed by atoms with Crippen molar-refractivity contribution in [3.05, 3.63) is 9.26 Å². The Kier molecular flexibility index (Phi) is 4.22. The number of halogens is 1. The molecule has 0 bridgehead atoms. The topological polar surface area (TPSA) is 43.8 Å². The lowest BCUT2D eigenvalue weighted by atomic mass is 10.0. The van der Waals surface area contributed by atoms with Crippen LogP contribution in [0.25, 0.3) is 0 Å². The highest BCUT2D eigenvalue weighted by Gasteiger charge is 2.12. The smallest absolute Gasteiger partial charge is 0.135 e. The quantitative estimate of drug-likeness (QED) is 0.869. The fourth-order valence-corrected chi connectivity index (χ4v) is 1.89. The molecule has 1 heterocycles. The van der Waals surface area contributed by atoms with Crippen molar-refractivity contribution >= 4 is 28.4 Å². The highest BCUT2D eigenvalue weighted by atomic mass is 127. The molecule has 0 amide bonds. The Morgan fingerprint density at radius 2 is 2.00 bits per heavy atom. The molecule has 1 aromatic heterocycles. The molecule has 0 spiro atoms. The second-order valence-electron chi connectivity index (χ2n) is 3.65. The van der Waals surface area contributed by atoms with E-state index in [2.05, 4.69) is 41.5 Å². The van der Waals surface area contributed by atoms with Crippen molar-refractivity contribution in [3.63, 3.8) is 0 Å². The maximum atomic E-state index is 5.95. The summed E-state index contributed by atoms with van der Waals surface area (Å²) < 4.78 is 3.03.